The first-order valence-electron chi connectivity index (χ1n) is 4.28. The standard InChI is InChI=1S/C10H8ClN3O2/c11-5-9(15)14(13)10(16)8-3-1-2-7(4-8)6-12/h1-4H,5,13H2. The molecular weight excluding hydrogens is 230 g/mol. The van der Waals surface area contributed by atoms with Crippen molar-refractivity contribution >= 4 is 23.4 Å². The van der Waals surface area contributed by atoms with Gasteiger partial charge in [0.1, 0.15) is 5.88 Å². The molecule has 1 aromatic carbocycles. The summed E-state index contributed by atoms with van der Waals surface area (Å²) in [5, 5.41) is 9.08. The number of nitrogens with zero attached hydrogens (tertiary/aromatic N) is 2. The van der Waals surface area contributed by atoms with Crippen molar-refractivity contribution in [2.45, 2.75) is 0 Å². The number of benzene rings is 1. The minimum absolute atomic E-state index is 0.167. The second-order valence-electron chi connectivity index (χ2n) is 2.90. The Labute approximate surface area is 97.0 Å². The Morgan fingerprint density at radius 2 is 2.19 bits per heavy atom. The molecule has 0 spiro atoms. The van der Waals surface area contributed by atoms with Crippen LogP contribution < -0.4 is 5.84 Å². The van der Waals surface area contributed by atoms with E-state index in [1.165, 1.54) is 18.2 Å². The highest BCUT2D eigenvalue weighted by Crippen LogP contribution is 2.06. The third kappa shape index (κ3) is 2.57. The van der Waals surface area contributed by atoms with Crippen molar-refractivity contribution in [1.29, 1.82) is 5.26 Å². The molecule has 0 fully saturated rings. The minimum Gasteiger partial charge on any atom is -0.272 e. The first kappa shape index (κ1) is 12.2. The number of hydrogen-bond acceptors (Lipinski definition) is 4. The molecule has 2 N–H and O–H groups in total. The van der Waals surface area contributed by atoms with Gasteiger partial charge in [-0.25, -0.2) is 10.9 Å². The number of alkyl halides is 1. The fourth-order valence-electron chi connectivity index (χ4n) is 1.04. The van der Waals surface area contributed by atoms with E-state index in [4.69, 9.17) is 22.7 Å². The molecule has 0 unspecified atom stereocenters. The van der Waals surface area contributed by atoms with Crippen molar-refractivity contribution in [2.24, 2.45) is 5.84 Å². The lowest BCUT2D eigenvalue weighted by Gasteiger charge is -2.12. The van der Waals surface area contributed by atoms with Crippen LogP contribution in [0.25, 0.3) is 0 Å². The zero-order valence-electron chi connectivity index (χ0n) is 8.18. The van der Waals surface area contributed by atoms with Gasteiger partial charge in [0.2, 0.25) is 0 Å². The van der Waals surface area contributed by atoms with Gasteiger partial charge in [0.25, 0.3) is 11.8 Å². The van der Waals surface area contributed by atoms with Gasteiger partial charge in [-0.3, -0.25) is 9.59 Å². The molecule has 0 saturated carbocycles. The molecule has 0 bridgehead atoms. The molecule has 0 aromatic heterocycles. The molecule has 0 aliphatic carbocycles. The van der Waals surface area contributed by atoms with Crippen LogP contribution in [-0.2, 0) is 4.79 Å². The summed E-state index contributed by atoms with van der Waals surface area (Å²) in [4.78, 5) is 22.7. The van der Waals surface area contributed by atoms with E-state index in [1.807, 2.05) is 6.07 Å². The Hall–Kier alpha value is -1.90. The van der Waals surface area contributed by atoms with E-state index in [-0.39, 0.29) is 11.4 Å². The quantitative estimate of drug-likeness (QED) is 0.354. The molecule has 82 valence electrons. The summed E-state index contributed by atoms with van der Waals surface area (Å²) in [6.45, 7) is 0. The fourth-order valence-corrected chi connectivity index (χ4v) is 1.17. The van der Waals surface area contributed by atoms with Crippen LogP contribution in [0.5, 0.6) is 0 Å². The van der Waals surface area contributed by atoms with Gasteiger partial charge < -0.3 is 0 Å². The maximum absolute atomic E-state index is 11.6. The Morgan fingerprint density at radius 3 is 2.75 bits per heavy atom. The van der Waals surface area contributed by atoms with Gasteiger partial charge in [-0.05, 0) is 18.2 Å². The van der Waals surface area contributed by atoms with E-state index in [0.717, 1.165) is 0 Å². The molecular formula is C10H8ClN3O2. The van der Waals surface area contributed by atoms with Crippen molar-refractivity contribution in [3.63, 3.8) is 0 Å². The highest BCUT2D eigenvalue weighted by molar-refractivity contribution is 6.28. The van der Waals surface area contributed by atoms with Crippen molar-refractivity contribution in [3.8, 4) is 6.07 Å². The van der Waals surface area contributed by atoms with Crippen LogP contribution >= 0.6 is 11.6 Å². The van der Waals surface area contributed by atoms with Gasteiger partial charge in [-0.15, -0.1) is 11.6 Å². The third-order valence-corrected chi connectivity index (χ3v) is 2.07. The van der Waals surface area contributed by atoms with Gasteiger partial charge >= 0.3 is 0 Å². The normalized spacial score (nSPS) is 9.31. The molecule has 1 rings (SSSR count). The van der Waals surface area contributed by atoms with Gasteiger partial charge in [0.15, 0.2) is 0 Å². The number of carbonyl (C=O) groups is 2. The van der Waals surface area contributed by atoms with E-state index < -0.39 is 11.8 Å². The largest absolute Gasteiger partial charge is 0.274 e. The van der Waals surface area contributed by atoms with Gasteiger partial charge in [0, 0.05) is 5.56 Å². The number of hydrazine groups is 1. The summed E-state index contributed by atoms with van der Waals surface area (Å²) in [6.07, 6.45) is 0. The highest BCUT2D eigenvalue weighted by Gasteiger charge is 2.18. The van der Waals surface area contributed by atoms with Gasteiger partial charge in [-0.2, -0.15) is 5.26 Å². The van der Waals surface area contributed by atoms with E-state index in [2.05, 4.69) is 0 Å². The van der Waals surface area contributed by atoms with Crippen LogP contribution in [0.3, 0.4) is 0 Å². The van der Waals surface area contributed by atoms with Crippen LogP contribution in [0.4, 0.5) is 0 Å². The predicted molar refractivity (Wildman–Crippen MR) is 57.2 cm³/mol. The topological polar surface area (TPSA) is 87.2 Å². The van der Waals surface area contributed by atoms with Crippen molar-refractivity contribution in [2.75, 3.05) is 5.88 Å². The zero-order valence-corrected chi connectivity index (χ0v) is 8.94. The molecule has 0 aliphatic heterocycles. The van der Waals surface area contributed by atoms with Gasteiger partial charge in [0.05, 0.1) is 11.6 Å². The van der Waals surface area contributed by atoms with Crippen LogP contribution in [0, 0.1) is 11.3 Å². The maximum atomic E-state index is 11.6. The van der Waals surface area contributed by atoms with E-state index in [1.54, 1.807) is 6.07 Å². The second kappa shape index (κ2) is 5.26. The molecule has 1 aromatic rings. The Morgan fingerprint density at radius 1 is 1.50 bits per heavy atom. The summed E-state index contributed by atoms with van der Waals surface area (Å²) in [6, 6.07) is 7.77. The average Bonchev–Trinajstić information content (AvgIpc) is 2.36. The average molecular weight is 238 g/mol. The molecule has 0 aliphatic rings. The minimum atomic E-state index is -0.700. The van der Waals surface area contributed by atoms with Gasteiger partial charge in [-0.1, -0.05) is 6.07 Å². The summed E-state index contributed by atoms with van der Waals surface area (Å²) in [5.41, 5.74) is 0.484. The smallest absolute Gasteiger partial charge is 0.272 e. The molecule has 0 radical (unpaired) electrons. The molecule has 5 nitrogen and oxygen atoms in total. The number of carbonyl (C=O) groups excluding carboxylic acids is 2. The molecule has 0 atom stereocenters. The Kier molecular flexibility index (Phi) is 4.00. The lowest BCUT2D eigenvalue weighted by atomic mass is 10.1. The lowest BCUT2D eigenvalue weighted by Crippen LogP contribution is -2.43. The van der Waals surface area contributed by atoms with Crippen LogP contribution in [0.1, 0.15) is 15.9 Å². The summed E-state index contributed by atoms with van der Waals surface area (Å²) < 4.78 is 0. The molecule has 0 saturated heterocycles. The Balaban J connectivity index is 2.97. The monoisotopic (exact) mass is 237 g/mol. The number of rotatable bonds is 2. The van der Waals surface area contributed by atoms with E-state index >= 15 is 0 Å². The second-order valence-corrected chi connectivity index (χ2v) is 3.16. The van der Waals surface area contributed by atoms with Crippen molar-refractivity contribution < 1.29 is 9.59 Å². The fraction of sp³-hybridized carbons (Fsp3) is 0.100. The predicted octanol–water partition coefficient (Wildman–Crippen LogP) is 0.640. The molecule has 2 amide bonds. The van der Waals surface area contributed by atoms with E-state index in [9.17, 15) is 9.59 Å². The number of nitrogens with two attached hydrogens (primary N) is 1. The van der Waals surface area contributed by atoms with Crippen molar-refractivity contribution in [1.82, 2.24) is 5.01 Å². The number of nitriles is 1. The zero-order chi connectivity index (χ0) is 12.1. The molecule has 0 heterocycles. The van der Waals surface area contributed by atoms with E-state index in [0.29, 0.717) is 10.6 Å². The number of halogens is 1. The summed E-state index contributed by atoms with van der Waals surface area (Å²) in [7, 11) is 0. The SMILES string of the molecule is N#Cc1cccc(C(=O)N(N)C(=O)CCl)c1. The van der Waals surface area contributed by atoms with Crippen molar-refractivity contribution in [3.05, 3.63) is 35.4 Å². The summed E-state index contributed by atoms with van der Waals surface area (Å²) >= 11 is 5.26. The summed E-state index contributed by atoms with van der Waals surface area (Å²) in [5.74, 6) is 3.50. The third-order valence-electron chi connectivity index (χ3n) is 1.84. The number of hydrogen-bond donors (Lipinski definition) is 1. The number of imide groups is 1. The van der Waals surface area contributed by atoms with Crippen LogP contribution in [0.2, 0.25) is 0 Å². The lowest BCUT2D eigenvalue weighted by molar-refractivity contribution is -0.126. The maximum Gasteiger partial charge on any atom is 0.274 e. The van der Waals surface area contributed by atoms with Crippen LogP contribution in [-0.4, -0.2) is 22.7 Å². The Bertz CT molecular complexity index is 467. The molecule has 16 heavy (non-hydrogen) atoms. The number of amides is 2. The first-order chi connectivity index (χ1) is 7.60. The first-order valence-corrected chi connectivity index (χ1v) is 4.81. The molecule has 6 heteroatoms. The van der Waals surface area contributed by atoms with Crippen LogP contribution in [0.15, 0.2) is 24.3 Å². The highest BCUT2D eigenvalue weighted by atomic mass is 35.5.